The van der Waals surface area contributed by atoms with Crippen molar-refractivity contribution in [2.24, 2.45) is 0 Å². The van der Waals surface area contributed by atoms with E-state index in [1.807, 2.05) is 56.3 Å². The van der Waals surface area contributed by atoms with E-state index in [9.17, 15) is 4.79 Å². The molecule has 3 aromatic heterocycles. The number of pyridine rings is 1. The lowest BCUT2D eigenvalue weighted by molar-refractivity contribution is 0.163. The number of hydrogen-bond donors (Lipinski definition) is 1. The molecule has 2 aromatic carbocycles. The summed E-state index contributed by atoms with van der Waals surface area (Å²) >= 11 is 6.59. The van der Waals surface area contributed by atoms with Gasteiger partial charge in [0, 0.05) is 24.2 Å². The molecule has 1 atom stereocenters. The van der Waals surface area contributed by atoms with E-state index in [2.05, 4.69) is 37.5 Å². The lowest BCUT2D eigenvalue weighted by Gasteiger charge is -2.30. The van der Waals surface area contributed by atoms with Crippen LogP contribution in [0.2, 0.25) is 5.02 Å². The average Bonchev–Trinajstić information content (AvgIpc) is 3.57. The van der Waals surface area contributed by atoms with Gasteiger partial charge in [0.05, 0.1) is 31.5 Å². The second-order valence-electron chi connectivity index (χ2n) is 9.33. The van der Waals surface area contributed by atoms with Crippen LogP contribution >= 0.6 is 11.6 Å². The smallest absolute Gasteiger partial charge is 0.253 e. The van der Waals surface area contributed by atoms with Crippen LogP contribution in [0.3, 0.4) is 0 Å². The van der Waals surface area contributed by atoms with Gasteiger partial charge in [-0.2, -0.15) is 0 Å². The molecule has 9 nitrogen and oxygen atoms in total. The van der Waals surface area contributed by atoms with Crippen molar-refractivity contribution >= 4 is 22.5 Å². The number of aryl methyl sites for hydroxylation is 2. The number of aromatic amines is 1. The third-order valence-corrected chi connectivity index (χ3v) is 6.93. The Balaban J connectivity index is 1.71. The Morgan fingerprint density at radius 1 is 1.13 bits per heavy atom. The van der Waals surface area contributed by atoms with Crippen LogP contribution in [0, 0.1) is 13.8 Å². The third-order valence-electron chi connectivity index (χ3n) is 6.56. The molecule has 196 valence electrons. The number of H-pyrrole nitrogens is 1. The fourth-order valence-corrected chi connectivity index (χ4v) is 5.03. The van der Waals surface area contributed by atoms with E-state index in [1.165, 1.54) is 0 Å². The highest BCUT2D eigenvalue weighted by Crippen LogP contribution is 2.32. The van der Waals surface area contributed by atoms with Crippen LogP contribution in [-0.2, 0) is 24.4 Å². The van der Waals surface area contributed by atoms with E-state index in [0.717, 1.165) is 33.4 Å². The van der Waals surface area contributed by atoms with Gasteiger partial charge in [-0.3, -0.25) is 9.69 Å². The molecule has 0 radical (unpaired) electrons. The van der Waals surface area contributed by atoms with Gasteiger partial charge in [0.1, 0.15) is 11.8 Å². The summed E-state index contributed by atoms with van der Waals surface area (Å²) in [4.78, 5) is 18.9. The molecule has 0 aliphatic heterocycles. The normalized spacial score (nSPS) is 12.4. The fraction of sp³-hybridized carbons (Fsp3) is 0.286. The van der Waals surface area contributed by atoms with E-state index in [1.54, 1.807) is 18.1 Å². The number of tetrazole rings is 1. The molecule has 1 unspecified atom stereocenters. The predicted molar refractivity (Wildman–Crippen MR) is 145 cm³/mol. The van der Waals surface area contributed by atoms with Crippen molar-refractivity contribution in [1.82, 2.24) is 30.1 Å². The number of nitrogens with zero attached hydrogens (tertiary/aromatic N) is 5. The molecule has 0 saturated carbocycles. The molecule has 0 bridgehead atoms. The Hall–Kier alpha value is -3.79. The highest BCUT2D eigenvalue weighted by atomic mass is 35.5. The molecule has 0 aliphatic carbocycles. The van der Waals surface area contributed by atoms with E-state index >= 15 is 0 Å². The number of methoxy groups -OCH3 is 1. The average molecular weight is 533 g/mol. The van der Waals surface area contributed by atoms with Crippen molar-refractivity contribution in [3.63, 3.8) is 0 Å². The van der Waals surface area contributed by atoms with Gasteiger partial charge in [-0.05, 0) is 71.1 Å². The van der Waals surface area contributed by atoms with E-state index < -0.39 is 6.04 Å². The number of ether oxygens (including phenoxy) is 1. The minimum Gasteiger partial charge on any atom is -0.468 e. The zero-order chi connectivity index (χ0) is 26.6. The van der Waals surface area contributed by atoms with Crippen LogP contribution in [0.1, 0.15) is 39.9 Å². The summed E-state index contributed by atoms with van der Waals surface area (Å²) in [6, 6.07) is 16.9. The first kappa shape index (κ1) is 25.8. The molecule has 0 fully saturated rings. The first-order valence-corrected chi connectivity index (χ1v) is 12.7. The first-order valence-electron chi connectivity index (χ1n) is 12.3. The number of fused-ring (bicyclic) bond motifs is 1. The van der Waals surface area contributed by atoms with Gasteiger partial charge in [-0.25, -0.2) is 4.68 Å². The molecule has 0 saturated heterocycles. The summed E-state index contributed by atoms with van der Waals surface area (Å²) in [6.07, 6.45) is 1.63. The highest BCUT2D eigenvalue weighted by molar-refractivity contribution is 6.31. The van der Waals surface area contributed by atoms with Gasteiger partial charge in [0.25, 0.3) is 5.56 Å². The Labute approximate surface area is 225 Å². The molecule has 3 heterocycles. The van der Waals surface area contributed by atoms with Gasteiger partial charge in [-0.1, -0.05) is 41.4 Å². The van der Waals surface area contributed by atoms with Crippen LogP contribution in [0.4, 0.5) is 0 Å². The van der Waals surface area contributed by atoms with Gasteiger partial charge in [0.15, 0.2) is 5.82 Å². The van der Waals surface area contributed by atoms with Crippen LogP contribution in [0.25, 0.3) is 10.9 Å². The molecule has 0 amide bonds. The zero-order valence-electron chi connectivity index (χ0n) is 21.5. The largest absolute Gasteiger partial charge is 0.468 e. The van der Waals surface area contributed by atoms with Crippen molar-refractivity contribution in [1.29, 1.82) is 0 Å². The fourth-order valence-electron chi connectivity index (χ4n) is 4.84. The molecule has 38 heavy (non-hydrogen) atoms. The van der Waals surface area contributed by atoms with E-state index in [4.69, 9.17) is 20.8 Å². The van der Waals surface area contributed by atoms with Crippen LogP contribution in [-0.4, -0.2) is 43.8 Å². The second-order valence-corrected chi connectivity index (χ2v) is 9.74. The Morgan fingerprint density at radius 2 is 1.97 bits per heavy atom. The number of nitrogens with one attached hydrogen (secondary N) is 1. The van der Waals surface area contributed by atoms with Crippen LogP contribution in [0.5, 0.6) is 0 Å². The lowest BCUT2D eigenvalue weighted by Crippen LogP contribution is -2.35. The van der Waals surface area contributed by atoms with Crippen LogP contribution < -0.4 is 5.56 Å². The number of aromatic nitrogens is 5. The number of furan rings is 1. The van der Waals surface area contributed by atoms with Gasteiger partial charge >= 0.3 is 0 Å². The SMILES string of the molecule is COCCn1nnnc1C(c1cc2cc(C)cc(C)c2[nH]c1=O)N(Cc1ccco1)Cc1ccccc1Cl. The summed E-state index contributed by atoms with van der Waals surface area (Å²) in [5.41, 5.74) is 4.15. The molecule has 10 heteroatoms. The van der Waals surface area contributed by atoms with Crippen LogP contribution in [0.15, 0.2) is 70.1 Å². The summed E-state index contributed by atoms with van der Waals surface area (Å²) in [5.74, 6) is 1.26. The molecular formula is C28H29ClN6O3. The molecule has 5 aromatic rings. The summed E-state index contributed by atoms with van der Waals surface area (Å²) in [5, 5.41) is 14.2. The van der Waals surface area contributed by atoms with Crippen molar-refractivity contribution in [3.8, 4) is 0 Å². The Bertz CT molecular complexity index is 1590. The molecule has 0 spiro atoms. The summed E-state index contributed by atoms with van der Waals surface area (Å²) < 4.78 is 12.7. The maximum absolute atomic E-state index is 13.7. The monoisotopic (exact) mass is 532 g/mol. The zero-order valence-corrected chi connectivity index (χ0v) is 22.3. The second kappa shape index (κ2) is 11.3. The highest BCUT2D eigenvalue weighted by Gasteiger charge is 2.32. The lowest BCUT2D eigenvalue weighted by atomic mass is 10.00. The maximum Gasteiger partial charge on any atom is 0.253 e. The molecule has 5 rings (SSSR count). The minimum atomic E-state index is -0.614. The van der Waals surface area contributed by atoms with Gasteiger partial charge in [0.2, 0.25) is 0 Å². The number of benzene rings is 2. The van der Waals surface area contributed by atoms with E-state index in [-0.39, 0.29) is 5.56 Å². The van der Waals surface area contributed by atoms with Crippen molar-refractivity contribution in [3.05, 3.63) is 110 Å². The summed E-state index contributed by atoms with van der Waals surface area (Å²) in [6.45, 7) is 5.70. The maximum atomic E-state index is 13.7. The van der Waals surface area contributed by atoms with Gasteiger partial charge < -0.3 is 14.1 Å². The van der Waals surface area contributed by atoms with Crippen molar-refractivity contribution < 1.29 is 9.15 Å². The van der Waals surface area contributed by atoms with Gasteiger partial charge in [-0.15, -0.1) is 5.10 Å². The third kappa shape index (κ3) is 5.40. The number of halogens is 1. The molecule has 0 aliphatic rings. The first-order chi connectivity index (χ1) is 18.4. The van der Waals surface area contributed by atoms with Crippen molar-refractivity contribution in [2.75, 3.05) is 13.7 Å². The minimum absolute atomic E-state index is 0.209. The quantitative estimate of drug-likeness (QED) is 0.275. The Kier molecular flexibility index (Phi) is 7.69. The standard InChI is InChI=1S/C28H29ClN6O3/c1-18-13-19(2)25-21(14-18)15-23(28(36)30-25)26(27-31-32-33-35(27)10-12-37-3)34(17-22-8-6-11-38-22)16-20-7-4-5-9-24(20)29/h4-9,11,13-15,26H,10,12,16-17H2,1-3H3,(H,30,36). The Morgan fingerprint density at radius 3 is 2.74 bits per heavy atom. The topological polar surface area (TPSA) is 102 Å². The number of rotatable bonds is 10. The van der Waals surface area contributed by atoms with Crippen molar-refractivity contribution in [2.45, 2.75) is 39.5 Å². The summed E-state index contributed by atoms with van der Waals surface area (Å²) in [7, 11) is 1.63. The molecule has 1 N–H and O–H groups in total. The van der Waals surface area contributed by atoms with E-state index in [0.29, 0.717) is 42.7 Å². The molecular weight excluding hydrogens is 504 g/mol. The predicted octanol–water partition coefficient (Wildman–Crippen LogP) is 4.82. The number of hydrogen-bond acceptors (Lipinski definition) is 7.